The lowest BCUT2D eigenvalue weighted by Crippen LogP contribution is -2.30. The van der Waals surface area contributed by atoms with Crippen molar-refractivity contribution in [1.29, 1.82) is 0 Å². The number of unbranched alkanes of at least 4 members (excludes halogenated alkanes) is 27. The van der Waals surface area contributed by atoms with Gasteiger partial charge in [-0.25, -0.2) is 9.13 Å². The molecule has 5 unspecified atom stereocenters. The normalized spacial score (nSPS) is 14.6. The SMILES string of the molecule is CC/C=C\C/C=C\C/C=C\C/C=C\CCCCC(=O)OCC(COP(=O)(O)OCC(O)COP(=O)(O)OCC(COC(=O)CCCCCCCC/C=C\C/C=C\C/C=C\CCCCC)OC(=O)CCCCCCC/C=C\C/C=C\CCC)OC(=O)CCCCCCCCCCCCC. The summed E-state index contributed by atoms with van der Waals surface area (Å²) in [5.41, 5.74) is 0. The third kappa shape index (κ3) is 70.2. The molecule has 5 atom stereocenters. The Morgan fingerprint density at radius 1 is 0.296 bits per heavy atom. The smallest absolute Gasteiger partial charge is 0.462 e. The highest BCUT2D eigenvalue weighted by Gasteiger charge is 2.30. The van der Waals surface area contributed by atoms with Gasteiger partial charge in [0.05, 0.1) is 26.4 Å². The summed E-state index contributed by atoms with van der Waals surface area (Å²) in [5.74, 6) is -2.24. The minimum Gasteiger partial charge on any atom is -0.462 e. The Morgan fingerprint density at radius 2 is 0.551 bits per heavy atom. The fourth-order valence-corrected chi connectivity index (χ4v) is 11.5. The minimum absolute atomic E-state index is 0.0741. The maximum Gasteiger partial charge on any atom is 0.472 e. The van der Waals surface area contributed by atoms with Gasteiger partial charge in [-0.2, -0.15) is 0 Å². The molecule has 0 saturated carbocycles. The number of esters is 4. The molecule has 0 aromatic heterocycles. The fraction of sp³-hybridized carbons (Fsp3) is 0.722. The lowest BCUT2D eigenvalue weighted by atomic mass is 10.1. The van der Waals surface area contributed by atoms with Crippen LogP contribution in [0.2, 0.25) is 0 Å². The molecule has 0 saturated heterocycles. The molecule has 0 heterocycles. The number of hydrogen-bond donors (Lipinski definition) is 3. The largest absolute Gasteiger partial charge is 0.472 e. The molecule has 0 aromatic carbocycles. The van der Waals surface area contributed by atoms with Gasteiger partial charge in [-0.1, -0.05) is 265 Å². The maximum atomic E-state index is 13.1. The summed E-state index contributed by atoms with van der Waals surface area (Å²) in [4.78, 5) is 72.8. The Balaban J connectivity index is 5.35. The first kappa shape index (κ1) is 93.7. The number of carbonyl (C=O) groups excluding carboxylic acids is 4. The average molecular weight is 1420 g/mol. The van der Waals surface area contributed by atoms with Crippen LogP contribution in [0, 0.1) is 0 Å². The van der Waals surface area contributed by atoms with Gasteiger partial charge in [0, 0.05) is 25.7 Å². The Kier molecular flexibility index (Phi) is 68.0. The molecule has 0 fully saturated rings. The molecule has 0 bridgehead atoms. The van der Waals surface area contributed by atoms with Crippen molar-refractivity contribution in [3.8, 4) is 0 Å². The molecule has 3 N–H and O–H groups in total. The van der Waals surface area contributed by atoms with Gasteiger partial charge in [-0.05, 0) is 128 Å². The zero-order valence-electron chi connectivity index (χ0n) is 61.4. The van der Waals surface area contributed by atoms with Crippen LogP contribution in [-0.4, -0.2) is 96.7 Å². The first-order valence-electron chi connectivity index (χ1n) is 38.1. The third-order valence-corrected chi connectivity index (χ3v) is 17.6. The number of rotatable bonds is 71. The van der Waals surface area contributed by atoms with Crippen molar-refractivity contribution < 1.29 is 80.2 Å². The second kappa shape index (κ2) is 71.1. The van der Waals surface area contributed by atoms with Crippen LogP contribution in [0.5, 0.6) is 0 Å². The standard InChI is InChI=1S/C79H136O17P2/c1-5-9-13-17-21-25-29-32-34-35-36-37-39-42-45-48-52-56-60-64-77(82)90-70-75(96-79(84)66-62-58-54-50-46-40-31-27-23-19-15-11-7-3)72-94-98(87,88)92-68-73(80)67-91-97(85,86)93-71-74(95-78(83)65-61-57-53-49-43-28-24-20-16-12-8-4)69-89-76(81)63-59-55-51-47-44-41-38-33-30-26-22-18-14-10-6-2/h10,14-15,19,21-22,25-27,31-34,36-38,44,47,73-75,80H,5-9,11-13,16-18,20,23-24,28-30,35,39-43,45-46,48-72H2,1-4H3,(H,85,86)(H,87,88)/b14-10-,19-15-,25-21-,26-22-,31-27-,34-32-,37-36-,38-33-,47-44-. The second-order valence-electron chi connectivity index (χ2n) is 25.2. The summed E-state index contributed by atoms with van der Waals surface area (Å²) >= 11 is 0. The Hall–Kier alpha value is -4.28. The Morgan fingerprint density at radius 3 is 0.898 bits per heavy atom. The van der Waals surface area contributed by atoms with Crippen LogP contribution in [-0.2, 0) is 65.4 Å². The molecule has 0 spiro atoms. The van der Waals surface area contributed by atoms with E-state index >= 15 is 0 Å². The monoisotopic (exact) mass is 1420 g/mol. The zero-order valence-corrected chi connectivity index (χ0v) is 63.2. The number of hydrogen-bond acceptors (Lipinski definition) is 15. The van der Waals surface area contributed by atoms with E-state index in [0.717, 1.165) is 173 Å². The lowest BCUT2D eigenvalue weighted by Gasteiger charge is -2.21. The first-order valence-corrected chi connectivity index (χ1v) is 41.1. The van der Waals surface area contributed by atoms with Crippen LogP contribution in [0.25, 0.3) is 0 Å². The van der Waals surface area contributed by atoms with Crippen molar-refractivity contribution in [1.82, 2.24) is 0 Å². The second-order valence-corrected chi connectivity index (χ2v) is 28.1. The molecule has 19 heteroatoms. The number of aliphatic hydroxyl groups is 1. The summed E-state index contributed by atoms with van der Waals surface area (Å²) in [6, 6.07) is 0. The van der Waals surface area contributed by atoms with Crippen LogP contribution < -0.4 is 0 Å². The number of allylic oxidation sites excluding steroid dienone is 18. The molecular formula is C79H136O17P2. The van der Waals surface area contributed by atoms with Gasteiger partial charge >= 0.3 is 39.5 Å². The van der Waals surface area contributed by atoms with Crippen molar-refractivity contribution in [2.45, 2.75) is 329 Å². The number of phosphoric acid groups is 2. The molecule has 0 aliphatic heterocycles. The van der Waals surface area contributed by atoms with Crippen molar-refractivity contribution in [2.24, 2.45) is 0 Å². The number of ether oxygens (including phenoxy) is 4. The minimum atomic E-state index is -4.98. The predicted molar refractivity (Wildman–Crippen MR) is 399 cm³/mol. The first-order chi connectivity index (χ1) is 47.7. The number of aliphatic hydroxyl groups excluding tert-OH is 1. The average Bonchev–Trinajstić information content (AvgIpc) is 1.94. The van der Waals surface area contributed by atoms with Gasteiger partial charge in [-0.3, -0.25) is 37.3 Å². The van der Waals surface area contributed by atoms with Gasteiger partial charge < -0.3 is 33.8 Å². The molecule has 0 aliphatic carbocycles. The van der Waals surface area contributed by atoms with Gasteiger partial charge in [0.15, 0.2) is 12.2 Å². The quantitative estimate of drug-likeness (QED) is 0.0169. The highest BCUT2D eigenvalue weighted by Crippen LogP contribution is 2.45. The van der Waals surface area contributed by atoms with Crippen LogP contribution in [0.4, 0.5) is 0 Å². The van der Waals surface area contributed by atoms with Gasteiger partial charge in [0.1, 0.15) is 19.3 Å². The Labute approximate surface area is 594 Å². The molecule has 0 radical (unpaired) electrons. The van der Waals surface area contributed by atoms with Gasteiger partial charge in [-0.15, -0.1) is 0 Å². The van der Waals surface area contributed by atoms with Crippen LogP contribution in [0.1, 0.15) is 310 Å². The topological polar surface area (TPSA) is 237 Å². The van der Waals surface area contributed by atoms with E-state index in [1.165, 1.54) is 57.8 Å². The number of carbonyl (C=O) groups is 4. The summed E-state index contributed by atoms with van der Waals surface area (Å²) < 4.78 is 68.4. The lowest BCUT2D eigenvalue weighted by molar-refractivity contribution is -0.161. The summed E-state index contributed by atoms with van der Waals surface area (Å²) in [6.07, 6.45) is 75.2. The van der Waals surface area contributed by atoms with Gasteiger partial charge in [0.25, 0.3) is 0 Å². The predicted octanol–water partition coefficient (Wildman–Crippen LogP) is 21.8. The van der Waals surface area contributed by atoms with E-state index in [9.17, 15) is 43.2 Å². The highest BCUT2D eigenvalue weighted by molar-refractivity contribution is 7.47. The maximum absolute atomic E-state index is 13.1. The van der Waals surface area contributed by atoms with E-state index < -0.39 is 97.5 Å². The molecule has 0 amide bonds. The molecule has 0 rings (SSSR count). The van der Waals surface area contributed by atoms with E-state index in [0.29, 0.717) is 25.7 Å². The zero-order chi connectivity index (χ0) is 71.8. The number of phosphoric ester groups is 2. The van der Waals surface area contributed by atoms with Crippen LogP contribution >= 0.6 is 15.6 Å². The van der Waals surface area contributed by atoms with E-state index in [4.69, 9.17) is 37.0 Å². The Bertz CT molecular complexity index is 2290. The third-order valence-electron chi connectivity index (χ3n) is 15.7. The summed E-state index contributed by atoms with van der Waals surface area (Å²) in [6.45, 7) is 4.59. The molecular weight excluding hydrogens is 1280 g/mol. The van der Waals surface area contributed by atoms with Crippen LogP contribution in [0.15, 0.2) is 109 Å². The van der Waals surface area contributed by atoms with Crippen molar-refractivity contribution in [3.05, 3.63) is 109 Å². The summed E-state index contributed by atoms with van der Waals surface area (Å²) in [5, 5.41) is 10.6. The van der Waals surface area contributed by atoms with E-state index in [2.05, 4.69) is 137 Å². The van der Waals surface area contributed by atoms with E-state index in [1.807, 2.05) is 0 Å². The summed E-state index contributed by atoms with van der Waals surface area (Å²) in [7, 11) is -9.96. The molecule has 0 aromatic rings. The van der Waals surface area contributed by atoms with Crippen LogP contribution in [0.3, 0.4) is 0 Å². The molecule has 17 nitrogen and oxygen atoms in total. The fourth-order valence-electron chi connectivity index (χ4n) is 9.90. The molecule has 564 valence electrons. The molecule has 98 heavy (non-hydrogen) atoms. The van der Waals surface area contributed by atoms with Crippen molar-refractivity contribution >= 4 is 39.5 Å². The van der Waals surface area contributed by atoms with Gasteiger partial charge in [0.2, 0.25) is 0 Å². The van der Waals surface area contributed by atoms with Crippen molar-refractivity contribution in [2.75, 3.05) is 39.6 Å². The molecule has 0 aliphatic rings. The van der Waals surface area contributed by atoms with Crippen molar-refractivity contribution in [3.63, 3.8) is 0 Å². The van der Waals surface area contributed by atoms with E-state index in [1.54, 1.807) is 0 Å². The highest BCUT2D eigenvalue weighted by atomic mass is 31.2. The van der Waals surface area contributed by atoms with E-state index in [-0.39, 0.29) is 25.7 Å².